The summed E-state index contributed by atoms with van der Waals surface area (Å²) in [5.74, 6) is 0.448. The Labute approximate surface area is 160 Å². The van der Waals surface area contributed by atoms with Crippen molar-refractivity contribution >= 4 is 40.2 Å². The van der Waals surface area contributed by atoms with E-state index >= 15 is 0 Å². The summed E-state index contributed by atoms with van der Waals surface area (Å²) in [6.07, 6.45) is 7.33. The Bertz CT molecular complexity index is 960. The largest absolute Gasteiger partial charge is 0.351 e. The van der Waals surface area contributed by atoms with Crippen molar-refractivity contribution in [2.24, 2.45) is 5.73 Å². The molecule has 4 rings (SSSR count). The van der Waals surface area contributed by atoms with Crippen molar-refractivity contribution in [3.05, 3.63) is 41.4 Å². The van der Waals surface area contributed by atoms with Crippen LogP contribution in [-0.2, 0) is 0 Å². The summed E-state index contributed by atoms with van der Waals surface area (Å²) in [6, 6.07) is 4.96. The third-order valence-electron chi connectivity index (χ3n) is 4.61. The van der Waals surface area contributed by atoms with Crippen LogP contribution in [0.3, 0.4) is 0 Å². The maximum atomic E-state index is 13.3. The Hall–Kier alpha value is -2.58. The van der Waals surface area contributed by atoms with E-state index in [-0.39, 0.29) is 5.02 Å². The minimum Gasteiger partial charge on any atom is -0.351 e. The van der Waals surface area contributed by atoms with E-state index in [0.717, 1.165) is 25.7 Å². The zero-order valence-electron chi connectivity index (χ0n) is 14.5. The van der Waals surface area contributed by atoms with Gasteiger partial charge in [0, 0.05) is 17.8 Å². The molecule has 7 nitrogen and oxygen atoms in total. The predicted molar refractivity (Wildman–Crippen MR) is 104 cm³/mol. The smallest absolute Gasteiger partial charge is 0.227 e. The molecule has 27 heavy (non-hydrogen) atoms. The minimum absolute atomic E-state index is 0.0310. The summed E-state index contributed by atoms with van der Waals surface area (Å²) in [5.41, 5.74) is 7.78. The topological polar surface area (TPSA) is 102 Å². The first-order valence-electron chi connectivity index (χ1n) is 8.81. The van der Waals surface area contributed by atoms with Gasteiger partial charge in [0.2, 0.25) is 11.9 Å². The molecule has 2 aromatic heterocycles. The zero-order chi connectivity index (χ0) is 18.8. The van der Waals surface area contributed by atoms with E-state index < -0.39 is 5.82 Å². The lowest BCUT2D eigenvalue weighted by Gasteiger charge is -2.26. The molecule has 1 aliphatic carbocycles. The normalized spacial score (nSPS) is 19.8. The Morgan fingerprint density at radius 3 is 2.37 bits per heavy atom. The summed E-state index contributed by atoms with van der Waals surface area (Å²) in [7, 11) is 0. The highest BCUT2D eigenvalue weighted by Crippen LogP contribution is 2.23. The first kappa shape index (κ1) is 17.8. The fraction of sp³-hybridized carbons (Fsp3) is 0.333. The maximum Gasteiger partial charge on any atom is 0.227 e. The highest BCUT2D eigenvalue weighted by molar-refractivity contribution is 6.31. The maximum absolute atomic E-state index is 13.3. The fourth-order valence-electron chi connectivity index (χ4n) is 3.11. The summed E-state index contributed by atoms with van der Waals surface area (Å²) in [5, 5.41) is 6.38. The van der Waals surface area contributed by atoms with Crippen molar-refractivity contribution in [2.45, 2.75) is 37.8 Å². The zero-order valence-corrected chi connectivity index (χ0v) is 15.2. The van der Waals surface area contributed by atoms with Crippen molar-refractivity contribution in [1.29, 1.82) is 0 Å². The summed E-state index contributed by atoms with van der Waals surface area (Å²) < 4.78 is 13.3. The van der Waals surface area contributed by atoms with Gasteiger partial charge in [-0.05, 0) is 43.9 Å². The van der Waals surface area contributed by atoms with Gasteiger partial charge in [-0.3, -0.25) is 0 Å². The second-order valence-corrected chi connectivity index (χ2v) is 7.07. The average Bonchev–Trinajstić information content (AvgIpc) is 2.67. The average molecular weight is 388 g/mol. The Kier molecular flexibility index (Phi) is 5.00. The van der Waals surface area contributed by atoms with E-state index in [4.69, 9.17) is 17.3 Å². The molecule has 1 aliphatic rings. The standard InChI is InChI=1S/C18H19ClFN7/c19-13-7-12(5-6-14(13)20)25-18-23-9-15-16(27-18)8-22-17(26-15)24-11-3-1-10(21)2-4-11/h5-11H,1-4,21H2,(H,22,24,26)(H,23,25,27). The Morgan fingerprint density at radius 2 is 1.67 bits per heavy atom. The number of anilines is 3. The van der Waals surface area contributed by atoms with Crippen molar-refractivity contribution in [3.8, 4) is 0 Å². The second-order valence-electron chi connectivity index (χ2n) is 6.67. The lowest BCUT2D eigenvalue weighted by molar-refractivity contribution is 0.410. The molecule has 0 saturated heterocycles. The van der Waals surface area contributed by atoms with Crippen LogP contribution in [0.1, 0.15) is 25.7 Å². The number of benzene rings is 1. The molecule has 0 radical (unpaired) electrons. The Balaban J connectivity index is 1.49. The lowest BCUT2D eigenvalue weighted by Crippen LogP contribution is -2.33. The van der Waals surface area contributed by atoms with Gasteiger partial charge in [0.25, 0.3) is 0 Å². The molecule has 3 aromatic rings. The summed E-state index contributed by atoms with van der Waals surface area (Å²) in [4.78, 5) is 17.5. The molecule has 0 amide bonds. The van der Waals surface area contributed by atoms with Crippen LogP contribution in [0.4, 0.5) is 22.0 Å². The fourth-order valence-corrected chi connectivity index (χ4v) is 3.29. The number of aromatic nitrogens is 4. The molecule has 0 spiro atoms. The molecule has 1 aromatic carbocycles. The van der Waals surface area contributed by atoms with E-state index in [2.05, 4.69) is 30.6 Å². The summed E-state index contributed by atoms with van der Waals surface area (Å²) in [6.45, 7) is 0. The lowest BCUT2D eigenvalue weighted by atomic mass is 9.92. The van der Waals surface area contributed by atoms with Crippen molar-refractivity contribution in [3.63, 3.8) is 0 Å². The third-order valence-corrected chi connectivity index (χ3v) is 4.90. The molecule has 0 bridgehead atoms. The number of hydrogen-bond donors (Lipinski definition) is 3. The van der Waals surface area contributed by atoms with E-state index in [9.17, 15) is 4.39 Å². The number of halogens is 2. The van der Waals surface area contributed by atoms with Crippen LogP contribution in [0.15, 0.2) is 30.6 Å². The van der Waals surface area contributed by atoms with Crippen molar-refractivity contribution in [1.82, 2.24) is 19.9 Å². The first-order valence-corrected chi connectivity index (χ1v) is 9.18. The number of hydrogen-bond acceptors (Lipinski definition) is 7. The third kappa shape index (κ3) is 4.23. The van der Waals surface area contributed by atoms with Crippen LogP contribution in [0.25, 0.3) is 11.0 Å². The van der Waals surface area contributed by atoms with Crippen LogP contribution in [0, 0.1) is 5.82 Å². The van der Waals surface area contributed by atoms with Gasteiger partial charge in [0.1, 0.15) is 16.9 Å². The van der Waals surface area contributed by atoms with Crippen LogP contribution in [0.2, 0.25) is 5.02 Å². The number of rotatable bonds is 4. The van der Waals surface area contributed by atoms with E-state index in [0.29, 0.717) is 40.7 Å². The highest BCUT2D eigenvalue weighted by atomic mass is 35.5. The molecule has 0 unspecified atom stereocenters. The highest BCUT2D eigenvalue weighted by Gasteiger charge is 2.19. The van der Waals surface area contributed by atoms with Gasteiger partial charge in [-0.25, -0.2) is 24.3 Å². The van der Waals surface area contributed by atoms with Gasteiger partial charge in [0.05, 0.1) is 17.4 Å². The molecular formula is C18H19ClFN7. The van der Waals surface area contributed by atoms with Crippen LogP contribution >= 0.6 is 11.6 Å². The minimum atomic E-state index is -0.477. The molecule has 0 atom stereocenters. The molecular weight excluding hydrogens is 369 g/mol. The molecule has 1 saturated carbocycles. The van der Waals surface area contributed by atoms with Crippen molar-refractivity contribution < 1.29 is 4.39 Å². The second kappa shape index (κ2) is 7.58. The molecule has 4 N–H and O–H groups in total. The van der Waals surface area contributed by atoms with E-state index in [1.807, 2.05) is 0 Å². The van der Waals surface area contributed by atoms with E-state index in [1.54, 1.807) is 18.5 Å². The predicted octanol–water partition coefficient (Wildman–Crippen LogP) is 3.64. The number of nitrogens with two attached hydrogens (primary N) is 1. The molecule has 9 heteroatoms. The number of nitrogens with one attached hydrogen (secondary N) is 2. The van der Waals surface area contributed by atoms with Crippen LogP contribution in [0.5, 0.6) is 0 Å². The monoisotopic (exact) mass is 387 g/mol. The van der Waals surface area contributed by atoms with Crippen LogP contribution in [-0.4, -0.2) is 32.0 Å². The van der Waals surface area contributed by atoms with Gasteiger partial charge in [-0.2, -0.15) is 0 Å². The van der Waals surface area contributed by atoms with Gasteiger partial charge in [-0.15, -0.1) is 0 Å². The van der Waals surface area contributed by atoms with Crippen LogP contribution < -0.4 is 16.4 Å². The SMILES string of the molecule is NC1CCC(Nc2ncc3nc(Nc4ccc(F)c(Cl)c4)ncc3n2)CC1. The van der Waals surface area contributed by atoms with Gasteiger partial charge < -0.3 is 16.4 Å². The molecule has 140 valence electrons. The van der Waals surface area contributed by atoms with Gasteiger partial charge in [0.15, 0.2) is 0 Å². The molecule has 2 heterocycles. The quantitative estimate of drug-likeness (QED) is 0.628. The van der Waals surface area contributed by atoms with E-state index in [1.165, 1.54) is 12.1 Å². The molecule has 1 fully saturated rings. The number of nitrogens with zero attached hydrogens (tertiary/aromatic N) is 4. The Morgan fingerprint density at radius 1 is 1.00 bits per heavy atom. The first-order chi connectivity index (χ1) is 13.1. The summed E-state index contributed by atoms with van der Waals surface area (Å²) >= 11 is 5.79. The molecule has 0 aliphatic heterocycles. The van der Waals surface area contributed by atoms with Gasteiger partial charge >= 0.3 is 0 Å². The van der Waals surface area contributed by atoms with Gasteiger partial charge in [-0.1, -0.05) is 11.6 Å². The van der Waals surface area contributed by atoms with Crippen molar-refractivity contribution in [2.75, 3.05) is 10.6 Å². The number of fused-ring (bicyclic) bond motifs is 1.